The monoisotopic (exact) mass is 236 g/mol. The van der Waals surface area contributed by atoms with Gasteiger partial charge in [-0.05, 0) is 19.3 Å². The molecule has 1 saturated heterocycles. The molecule has 2 rings (SSSR count). The van der Waals surface area contributed by atoms with Gasteiger partial charge in [0.15, 0.2) is 0 Å². The summed E-state index contributed by atoms with van der Waals surface area (Å²) in [5.41, 5.74) is 5.74. The van der Waals surface area contributed by atoms with Gasteiger partial charge in [-0.2, -0.15) is 0 Å². The number of anilines is 1. The van der Waals surface area contributed by atoms with Crippen LogP contribution in [0.5, 0.6) is 0 Å². The van der Waals surface area contributed by atoms with Crippen LogP contribution >= 0.6 is 0 Å². The van der Waals surface area contributed by atoms with Crippen molar-refractivity contribution in [1.82, 2.24) is 14.9 Å². The number of nitrogens with two attached hydrogens (primary N) is 1. The van der Waals surface area contributed by atoms with Crippen molar-refractivity contribution >= 4 is 11.7 Å². The zero-order chi connectivity index (χ0) is 12.3. The van der Waals surface area contributed by atoms with Crippen LogP contribution in [0.25, 0.3) is 0 Å². The molecule has 1 amide bonds. The highest BCUT2D eigenvalue weighted by Crippen LogP contribution is 2.18. The van der Waals surface area contributed by atoms with E-state index in [1.165, 1.54) is 12.4 Å². The van der Waals surface area contributed by atoms with Crippen LogP contribution in [0.4, 0.5) is 5.82 Å². The normalized spacial score (nSPS) is 20.3. The molecule has 1 aliphatic heterocycles. The van der Waals surface area contributed by atoms with E-state index in [2.05, 4.69) is 9.97 Å². The summed E-state index contributed by atoms with van der Waals surface area (Å²) in [7, 11) is 0. The molecule has 3 N–H and O–H groups in total. The first-order valence-electron chi connectivity index (χ1n) is 5.71. The maximum atomic E-state index is 12.2. The van der Waals surface area contributed by atoms with Crippen molar-refractivity contribution in [3.8, 4) is 0 Å². The first-order chi connectivity index (χ1) is 8.22. The van der Waals surface area contributed by atoms with Crippen molar-refractivity contribution in [3.05, 3.63) is 18.1 Å². The number of likely N-dealkylation sites (tertiary alicyclic amines) is 1. The summed E-state index contributed by atoms with van der Waals surface area (Å²) in [6.07, 6.45) is 5.63. The number of nitrogens with zero attached hydrogens (tertiary/aromatic N) is 3. The summed E-state index contributed by atoms with van der Waals surface area (Å²) in [6.45, 7) is 0.641. The number of amides is 1. The Morgan fingerprint density at radius 2 is 2.35 bits per heavy atom. The van der Waals surface area contributed by atoms with E-state index in [4.69, 9.17) is 5.73 Å². The molecular weight excluding hydrogens is 220 g/mol. The van der Waals surface area contributed by atoms with Crippen molar-refractivity contribution in [2.45, 2.75) is 25.3 Å². The highest BCUT2D eigenvalue weighted by molar-refractivity contribution is 5.92. The molecule has 0 bridgehead atoms. The molecule has 0 aliphatic carbocycles. The number of carbonyl (C=O) groups is 1. The number of carbonyl (C=O) groups excluding carboxylic acids is 1. The quantitative estimate of drug-likeness (QED) is 0.756. The van der Waals surface area contributed by atoms with E-state index >= 15 is 0 Å². The second kappa shape index (κ2) is 5.09. The largest absolute Gasteiger partial charge is 0.394 e. The average Bonchev–Trinajstić information content (AvgIpc) is 2.38. The molecule has 6 nitrogen and oxygen atoms in total. The van der Waals surface area contributed by atoms with Gasteiger partial charge in [-0.15, -0.1) is 0 Å². The summed E-state index contributed by atoms with van der Waals surface area (Å²) in [5.74, 6) is 0.0250. The Balaban J connectivity index is 2.18. The van der Waals surface area contributed by atoms with Crippen LogP contribution < -0.4 is 5.73 Å². The summed E-state index contributed by atoms with van der Waals surface area (Å²) in [6, 6.07) is -0.112. The van der Waals surface area contributed by atoms with Gasteiger partial charge in [0.25, 0.3) is 5.91 Å². The number of hydrogen-bond acceptors (Lipinski definition) is 5. The van der Waals surface area contributed by atoms with E-state index in [1.54, 1.807) is 4.90 Å². The number of piperidine rings is 1. The van der Waals surface area contributed by atoms with Gasteiger partial charge >= 0.3 is 0 Å². The van der Waals surface area contributed by atoms with Gasteiger partial charge in [-0.25, -0.2) is 4.98 Å². The van der Waals surface area contributed by atoms with E-state index in [9.17, 15) is 9.90 Å². The van der Waals surface area contributed by atoms with Crippen LogP contribution in [0, 0.1) is 0 Å². The molecule has 0 saturated carbocycles. The van der Waals surface area contributed by atoms with E-state index in [0.29, 0.717) is 6.54 Å². The van der Waals surface area contributed by atoms with E-state index in [-0.39, 0.29) is 30.1 Å². The predicted molar refractivity (Wildman–Crippen MR) is 62.2 cm³/mol. The third-order valence-electron chi connectivity index (χ3n) is 2.97. The topological polar surface area (TPSA) is 92.3 Å². The molecule has 1 atom stereocenters. The van der Waals surface area contributed by atoms with Gasteiger partial charge in [-0.3, -0.25) is 9.78 Å². The minimum absolute atomic E-state index is 0.0124. The van der Waals surface area contributed by atoms with E-state index in [1.807, 2.05) is 0 Å². The number of aromatic nitrogens is 2. The molecule has 17 heavy (non-hydrogen) atoms. The Kier molecular flexibility index (Phi) is 3.53. The zero-order valence-electron chi connectivity index (χ0n) is 9.54. The van der Waals surface area contributed by atoms with Gasteiger partial charge in [0.1, 0.15) is 11.5 Å². The molecule has 92 valence electrons. The first-order valence-corrected chi connectivity index (χ1v) is 5.71. The third kappa shape index (κ3) is 2.52. The SMILES string of the molecule is Nc1cncc(C(=O)N2CCCCC2CO)n1. The van der Waals surface area contributed by atoms with Crippen molar-refractivity contribution in [2.24, 2.45) is 0 Å². The third-order valence-corrected chi connectivity index (χ3v) is 2.97. The minimum atomic E-state index is -0.205. The molecule has 1 aliphatic rings. The Bertz CT molecular complexity index is 410. The predicted octanol–water partition coefficient (Wildman–Crippen LogP) is 0.0458. The van der Waals surface area contributed by atoms with Crippen molar-refractivity contribution < 1.29 is 9.90 Å². The standard InChI is InChI=1S/C11H16N4O2/c12-10-6-13-5-9(14-10)11(17)15-4-2-1-3-8(15)7-16/h5-6,8,16H,1-4,7H2,(H2,12,14). The maximum Gasteiger partial charge on any atom is 0.274 e. The second-order valence-corrected chi connectivity index (χ2v) is 4.16. The lowest BCUT2D eigenvalue weighted by Crippen LogP contribution is -2.45. The van der Waals surface area contributed by atoms with Gasteiger partial charge in [0, 0.05) is 6.54 Å². The molecule has 0 spiro atoms. The highest BCUT2D eigenvalue weighted by atomic mass is 16.3. The number of aliphatic hydroxyl groups is 1. The summed E-state index contributed by atoms with van der Waals surface area (Å²) < 4.78 is 0. The van der Waals surface area contributed by atoms with Gasteiger partial charge in [0.2, 0.25) is 0 Å². The number of aliphatic hydroxyl groups excluding tert-OH is 1. The zero-order valence-corrected chi connectivity index (χ0v) is 9.54. The van der Waals surface area contributed by atoms with Crippen LogP contribution in [-0.4, -0.2) is 45.1 Å². The van der Waals surface area contributed by atoms with Gasteiger partial charge in [0.05, 0.1) is 25.0 Å². The molecule has 0 radical (unpaired) electrons. The number of nitrogen functional groups attached to an aromatic ring is 1. The minimum Gasteiger partial charge on any atom is -0.394 e. The van der Waals surface area contributed by atoms with Crippen molar-refractivity contribution in [2.75, 3.05) is 18.9 Å². The first kappa shape index (κ1) is 11.8. The number of hydrogen-bond donors (Lipinski definition) is 2. The molecule has 1 fully saturated rings. The van der Waals surface area contributed by atoms with Crippen LogP contribution in [0.1, 0.15) is 29.8 Å². The Morgan fingerprint density at radius 1 is 1.53 bits per heavy atom. The molecule has 2 heterocycles. The fourth-order valence-corrected chi connectivity index (χ4v) is 2.09. The number of rotatable bonds is 2. The van der Waals surface area contributed by atoms with E-state index < -0.39 is 0 Å². The highest BCUT2D eigenvalue weighted by Gasteiger charge is 2.27. The summed E-state index contributed by atoms with van der Waals surface area (Å²) >= 11 is 0. The lowest BCUT2D eigenvalue weighted by Gasteiger charge is -2.34. The molecule has 6 heteroatoms. The van der Waals surface area contributed by atoms with Gasteiger partial charge < -0.3 is 15.7 Å². The lowest BCUT2D eigenvalue weighted by molar-refractivity contribution is 0.0497. The molecule has 1 unspecified atom stereocenters. The van der Waals surface area contributed by atoms with Crippen LogP contribution in [0.15, 0.2) is 12.4 Å². The molecular formula is C11H16N4O2. The fraction of sp³-hybridized carbons (Fsp3) is 0.545. The van der Waals surface area contributed by atoms with Crippen LogP contribution in [-0.2, 0) is 0 Å². The summed E-state index contributed by atoms with van der Waals surface area (Å²) in [4.78, 5) is 21.7. The van der Waals surface area contributed by atoms with Gasteiger partial charge in [-0.1, -0.05) is 0 Å². The smallest absolute Gasteiger partial charge is 0.274 e. The average molecular weight is 236 g/mol. The lowest BCUT2D eigenvalue weighted by atomic mass is 10.0. The fourth-order valence-electron chi connectivity index (χ4n) is 2.09. The second-order valence-electron chi connectivity index (χ2n) is 4.16. The maximum absolute atomic E-state index is 12.2. The van der Waals surface area contributed by atoms with Crippen molar-refractivity contribution in [3.63, 3.8) is 0 Å². The molecule has 0 aromatic carbocycles. The summed E-state index contributed by atoms with van der Waals surface area (Å²) in [5, 5.41) is 9.26. The van der Waals surface area contributed by atoms with Crippen molar-refractivity contribution in [1.29, 1.82) is 0 Å². The Hall–Kier alpha value is -1.69. The Morgan fingerprint density at radius 3 is 3.06 bits per heavy atom. The van der Waals surface area contributed by atoms with Crippen LogP contribution in [0.3, 0.4) is 0 Å². The molecule has 1 aromatic heterocycles. The van der Waals surface area contributed by atoms with E-state index in [0.717, 1.165) is 19.3 Å². The molecule has 1 aromatic rings. The Labute approximate surface area is 99.5 Å². The van der Waals surface area contributed by atoms with Crippen LogP contribution in [0.2, 0.25) is 0 Å².